The molecule has 2 rings (SSSR count). The number of nitrogens with one attached hydrogen (secondary N) is 1. The molecule has 1 aromatic rings. The van der Waals surface area contributed by atoms with E-state index in [1.807, 2.05) is 0 Å². The molecule has 0 bridgehead atoms. The highest BCUT2D eigenvalue weighted by Gasteiger charge is 2.31. The number of halogens is 3. The van der Waals surface area contributed by atoms with Gasteiger partial charge < -0.3 is 5.32 Å². The van der Waals surface area contributed by atoms with Crippen LogP contribution in [0.4, 0.5) is 13.2 Å². The van der Waals surface area contributed by atoms with Crippen molar-refractivity contribution in [2.24, 2.45) is 18.4 Å². The summed E-state index contributed by atoms with van der Waals surface area (Å²) in [5.74, 6) is -1.30. The maximum Gasteiger partial charge on any atom is 0.283 e. The molecule has 1 aliphatic carbocycles. The molecule has 4 nitrogen and oxygen atoms in total. The number of hydrogen-bond donors (Lipinski definition) is 1. The summed E-state index contributed by atoms with van der Waals surface area (Å²) in [6, 6.07) is -0.101. The second-order valence-electron chi connectivity index (χ2n) is 8.28. The molecule has 25 heavy (non-hydrogen) atoms. The lowest BCUT2D eigenvalue weighted by Gasteiger charge is -2.31. The molecule has 0 aromatic carbocycles. The van der Waals surface area contributed by atoms with Crippen molar-refractivity contribution in [2.45, 2.75) is 71.8 Å². The molecule has 2 unspecified atom stereocenters. The van der Waals surface area contributed by atoms with Crippen molar-refractivity contribution >= 4 is 5.91 Å². The number of carbonyl (C=O) groups excluding carboxylic acids is 1. The molecule has 1 aromatic heterocycles. The Kier molecular flexibility index (Phi) is 6.16. The summed E-state index contributed by atoms with van der Waals surface area (Å²) < 4.78 is 40.7. The molecule has 1 amide bonds. The third-order valence-electron chi connectivity index (χ3n) is 4.86. The van der Waals surface area contributed by atoms with Crippen LogP contribution in [0.5, 0.6) is 0 Å². The van der Waals surface area contributed by atoms with Crippen LogP contribution in [0, 0.1) is 17.3 Å². The zero-order valence-electron chi connectivity index (χ0n) is 15.4. The number of amides is 1. The van der Waals surface area contributed by atoms with Gasteiger partial charge >= 0.3 is 0 Å². The highest BCUT2D eigenvalue weighted by Crippen LogP contribution is 2.32. The number of nitrogens with zero attached hydrogens (tertiary/aromatic N) is 2. The SMILES string of the molecule is Cn1nc(C(F)F)c(C(=O)NC2CCCC(CCC(C)(C)C)C2)c1F. The lowest BCUT2D eigenvalue weighted by atomic mass is 9.79. The Bertz CT molecular complexity index is 607. The van der Waals surface area contributed by atoms with E-state index in [4.69, 9.17) is 0 Å². The third kappa shape index (κ3) is 5.22. The predicted molar refractivity (Wildman–Crippen MR) is 90.0 cm³/mol. The van der Waals surface area contributed by atoms with Crippen LogP contribution in [0.1, 0.15) is 81.8 Å². The highest BCUT2D eigenvalue weighted by molar-refractivity contribution is 5.95. The van der Waals surface area contributed by atoms with Gasteiger partial charge in [0.05, 0.1) is 0 Å². The van der Waals surface area contributed by atoms with E-state index in [9.17, 15) is 18.0 Å². The molecule has 0 saturated heterocycles. The Morgan fingerprint density at radius 3 is 2.64 bits per heavy atom. The summed E-state index contributed by atoms with van der Waals surface area (Å²) in [5.41, 5.74) is -1.16. The van der Waals surface area contributed by atoms with Crippen molar-refractivity contribution in [1.29, 1.82) is 0 Å². The van der Waals surface area contributed by atoms with Gasteiger partial charge in [-0.05, 0) is 37.0 Å². The molecule has 142 valence electrons. The molecule has 2 atom stereocenters. The molecule has 1 aliphatic rings. The van der Waals surface area contributed by atoms with Gasteiger partial charge in [-0.1, -0.05) is 33.6 Å². The van der Waals surface area contributed by atoms with Gasteiger partial charge in [0, 0.05) is 13.1 Å². The van der Waals surface area contributed by atoms with Crippen molar-refractivity contribution in [3.05, 3.63) is 17.2 Å². The quantitative estimate of drug-likeness (QED) is 0.834. The monoisotopic (exact) mass is 359 g/mol. The molecule has 1 saturated carbocycles. The minimum atomic E-state index is -2.98. The van der Waals surface area contributed by atoms with Crippen molar-refractivity contribution in [3.63, 3.8) is 0 Å². The number of rotatable bonds is 5. The Labute approximate surface area is 147 Å². The zero-order valence-corrected chi connectivity index (χ0v) is 15.4. The van der Waals surface area contributed by atoms with Gasteiger partial charge in [0.25, 0.3) is 12.3 Å². The number of aromatic nitrogens is 2. The van der Waals surface area contributed by atoms with Crippen molar-refractivity contribution in [3.8, 4) is 0 Å². The summed E-state index contributed by atoms with van der Waals surface area (Å²) >= 11 is 0. The second-order valence-corrected chi connectivity index (χ2v) is 8.28. The summed E-state index contributed by atoms with van der Waals surface area (Å²) in [7, 11) is 1.21. The van der Waals surface area contributed by atoms with Crippen LogP contribution in [-0.4, -0.2) is 21.7 Å². The van der Waals surface area contributed by atoms with Gasteiger partial charge in [-0.15, -0.1) is 0 Å². The van der Waals surface area contributed by atoms with Crippen LogP contribution in [0.25, 0.3) is 0 Å². The Hall–Kier alpha value is -1.53. The Balaban J connectivity index is 2.01. The molecule has 1 heterocycles. The topological polar surface area (TPSA) is 46.9 Å². The predicted octanol–water partition coefficient (Wildman–Crippen LogP) is 4.61. The Morgan fingerprint density at radius 1 is 1.36 bits per heavy atom. The van der Waals surface area contributed by atoms with Crippen molar-refractivity contribution in [1.82, 2.24) is 15.1 Å². The molecular weight excluding hydrogens is 331 g/mol. The first kappa shape index (κ1) is 19.8. The summed E-state index contributed by atoms with van der Waals surface area (Å²) in [6.07, 6.45) is 2.91. The van der Waals surface area contributed by atoms with E-state index in [2.05, 4.69) is 31.2 Å². The van der Waals surface area contributed by atoms with E-state index in [1.54, 1.807) is 0 Å². The van der Waals surface area contributed by atoms with Crippen LogP contribution in [0.3, 0.4) is 0 Å². The smallest absolute Gasteiger partial charge is 0.283 e. The number of aryl methyl sites for hydroxylation is 1. The number of hydrogen-bond acceptors (Lipinski definition) is 2. The van der Waals surface area contributed by atoms with Gasteiger partial charge in [-0.25, -0.2) is 13.5 Å². The molecule has 1 N–H and O–H groups in total. The van der Waals surface area contributed by atoms with Crippen LogP contribution >= 0.6 is 0 Å². The van der Waals surface area contributed by atoms with Crippen LogP contribution < -0.4 is 5.32 Å². The minimum absolute atomic E-state index is 0.101. The van der Waals surface area contributed by atoms with E-state index >= 15 is 0 Å². The average Bonchev–Trinajstić information content (AvgIpc) is 2.81. The first-order valence-corrected chi connectivity index (χ1v) is 8.90. The van der Waals surface area contributed by atoms with Gasteiger partial charge in [-0.2, -0.15) is 9.49 Å². The van der Waals surface area contributed by atoms with E-state index in [0.717, 1.165) is 38.5 Å². The third-order valence-corrected chi connectivity index (χ3v) is 4.86. The maximum atomic E-state index is 14.0. The van der Waals surface area contributed by atoms with E-state index in [-0.39, 0.29) is 11.5 Å². The van der Waals surface area contributed by atoms with Gasteiger partial charge in [0.1, 0.15) is 11.3 Å². The van der Waals surface area contributed by atoms with Crippen LogP contribution in [0.15, 0.2) is 0 Å². The van der Waals surface area contributed by atoms with Gasteiger partial charge in [0.2, 0.25) is 5.95 Å². The first-order valence-electron chi connectivity index (χ1n) is 8.90. The summed E-state index contributed by atoms with van der Waals surface area (Å²) in [6.45, 7) is 6.60. The van der Waals surface area contributed by atoms with Gasteiger partial charge in [-0.3, -0.25) is 4.79 Å². The minimum Gasteiger partial charge on any atom is -0.349 e. The molecule has 0 radical (unpaired) electrons. The van der Waals surface area contributed by atoms with E-state index in [1.165, 1.54) is 7.05 Å². The largest absolute Gasteiger partial charge is 0.349 e. The summed E-state index contributed by atoms with van der Waals surface area (Å²) in [4.78, 5) is 12.4. The normalized spacial score (nSPS) is 21.6. The van der Waals surface area contributed by atoms with Crippen molar-refractivity contribution in [2.75, 3.05) is 0 Å². The molecule has 7 heteroatoms. The fourth-order valence-corrected chi connectivity index (χ4v) is 3.46. The lowest BCUT2D eigenvalue weighted by molar-refractivity contribution is 0.0898. The average molecular weight is 359 g/mol. The molecular formula is C18H28F3N3O. The fourth-order valence-electron chi connectivity index (χ4n) is 3.46. The lowest BCUT2D eigenvalue weighted by Crippen LogP contribution is -2.39. The number of carbonyl (C=O) groups is 1. The fraction of sp³-hybridized carbons (Fsp3) is 0.778. The van der Waals surface area contributed by atoms with Crippen LogP contribution in [-0.2, 0) is 7.05 Å². The standard InChI is InChI=1S/C18H28F3N3O/c1-18(2,3)9-8-11-6-5-7-12(10-11)22-17(25)13-14(15(19)20)23-24(4)16(13)21/h11-12,15H,5-10H2,1-4H3,(H,22,25). The maximum absolute atomic E-state index is 14.0. The summed E-state index contributed by atoms with van der Waals surface area (Å²) in [5, 5.41) is 6.17. The van der Waals surface area contributed by atoms with Crippen LogP contribution in [0.2, 0.25) is 0 Å². The molecule has 1 fully saturated rings. The van der Waals surface area contributed by atoms with Gasteiger partial charge in [0.15, 0.2) is 0 Å². The Morgan fingerprint density at radius 2 is 2.04 bits per heavy atom. The van der Waals surface area contributed by atoms with Crippen molar-refractivity contribution < 1.29 is 18.0 Å². The highest BCUT2D eigenvalue weighted by atomic mass is 19.3. The molecule has 0 aliphatic heterocycles. The zero-order chi connectivity index (χ0) is 18.8. The molecule has 0 spiro atoms. The van der Waals surface area contributed by atoms with E-state index < -0.39 is 29.5 Å². The van der Waals surface area contributed by atoms with E-state index in [0.29, 0.717) is 10.6 Å². The number of alkyl halides is 2. The first-order chi connectivity index (χ1) is 11.6. The second kappa shape index (κ2) is 7.79.